The van der Waals surface area contributed by atoms with Crippen LogP contribution < -0.4 is 14.8 Å². The van der Waals surface area contributed by atoms with Crippen LogP contribution in [0.15, 0.2) is 55.1 Å². The van der Waals surface area contributed by atoms with Gasteiger partial charge in [0.2, 0.25) is 5.91 Å². The predicted octanol–water partition coefficient (Wildman–Crippen LogP) is 3.04. The van der Waals surface area contributed by atoms with Gasteiger partial charge >= 0.3 is 0 Å². The third-order valence-electron chi connectivity index (χ3n) is 3.87. The average molecular weight is 386 g/mol. The van der Waals surface area contributed by atoms with E-state index >= 15 is 0 Å². The first-order valence-corrected chi connectivity index (χ1v) is 8.63. The Morgan fingerprint density at radius 2 is 2.00 bits per heavy atom. The lowest BCUT2D eigenvalue weighted by atomic mass is 10.1. The summed E-state index contributed by atoms with van der Waals surface area (Å²) in [7, 11) is 3.01. The molecule has 0 heterocycles. The molecule has 0 aliphatic carbocycles. The van der Waals surface area contributed by atoms with Crippen LogP contribution in [-0.4, -0.2) is 44.0 Å². The van der Waals surface area contributed by atoms with Crippen molar-refractivity contribution in [3.8, 4) is 11.5 Å². The van der Waals surface area contributed by atoms with E-state index in [-0.39, 0.29) is 19.1 Å². The number of benzene rings is 2. The molecule has 2 rings (SSSR count). The fourth-order valence-electron chi connectivity index (χ4n) is 2.44. The quantitative estimate of drug-likeness (QED) is 0.673. The number of anilines is 1. The van der Waals surface area contributed by atoms with E-state index in [1.54, 1.807) is 18.2 Å². The Balaban J connectivity index is 1.88. The van der Waals surface area contributed by atoms with Crippen LogP contribution in [0.4, 0.5) is 10.1 Å². The van der Waals surface area contributed by atoms with E-state index in [0.29, 0.717) is 23.6 Å². The monoisotopic (exact) mass is 386 g/mol. The molecule has 0 saturated carbocycles. The molecule has 0 unspecified atom stereocenters. The van der Waals surface area contributed by atoms with Crippen molar-refractivity contribution < 1.29 is 23.5 Å². The molecule has 28 heavy (non-hydrogen) atoms. The molecule has 0 fully saturated rings. The van der Waals surface area contributed by atoms with Crippen LogP contribution in [0.25, 0.3) is 0 Å². The van der Waals surface area contributed by atoms with Crippen molar-refractivity contribution in [3.63, 3.8) is 0 Å². The molecule has 0 atom stereocenters. The highest BCUT2D eigenvalue weighted by molar-refractivity contribution is 5.94. The van der Waals surface area contributed by atoms with Crippen LogP contribution in [0.2, 0.25) is 0 Å². The number of nitrogens with one attached hydrogen (secondary N) is 1. The van der Waals surface area contributed by atoms with Crippen molar-refractivity contribution in [2.75, 3.05) is 32.6 Å². The van der Waals surface area contributed by atoms with Gasteiger partial charge in [0, 0.05) is 12.7 Å². The Morgan fingerprint density at radius 1 is 1.21 bits per heavy atom. The van der Waals surface area contributed by atoms with Crippen LogP contribution in [0.1, 0.15) is 5.56 Å². The van der Waals surface area contributed by atoms with Gasteiger partial charge in [-0.25, -0.2) is 4.39 Å². The summed E-state index contributed by atoms with van der Waals surface area (Å²) in [5.74, 6) is -0.331. The van der Waals surface area contributed by atoms with E-state index in [4.69, 9.17) is 9.47 Å². The molecule has 0 aromatic heterocycles. The SMILES string of the molecule is C=CCc1ccc(OCC(=O)N(C)CC(=O)Nc2cccc(F)c2)c(OC)c1. The Hall–Kier alpha value is -3.35. The molecule has 0 aliphatic rings. The van der Waals surface area contributed by atoms with Crippen LogP contribution in [0, 0.1) is 5.82 Å². The number of nitrogens with zero attached hydrogens (tertiary/aromatic N) is 1. The second-order valence-corrected chi connectivity index (χ2v) is 6.08. The molecule has 148 valence electrons. The topological polar surface area (TPSA) is 67.9 Å². The minimum Gasteiger partial charge on any atom is -0.493 e. The summed E-state index contributed by atoms with van der Waals surface area (Å²) in [5.41, 5.74) is 1.34. The summed E-state index contributed by atoms with van der Waals surface area (Å²) >= 11 is 0. The van der Waals surface area contributed by atoms with Crippen molar-refractivity contribution >= 4 is 17.5 Å². The number of allylic oxidation sites excluding steroid dienone is 1. The molecule has 2 amide bonds. The smallest absolute Gasteiger partial charge is 0.260 e. The summed E-state index contributed by atoms with van der Waals surface area (Å²) in [4.78, 5) is 25.5. The second-order valence-electron chi connectivity index (χ2n) is 6.08. The lowest BCUT2D eigenvalue weighted by Gasteiger charge is -2.18. The van der Waals surface area contributed by atoms with E-state index in [1.165, 1.54) is 37.3 Å². The lowest BCUT2D eigenvalue weighted by molar-refractivity contribution is -0.135. The number of carbonyl (C=O) groups is 2. The van der Waals surface area contributed by atoms with Crippen LogP contribution in [0.3, 0.4) is 0 Å². The Bertz CT molecular complexity index is 854. The van der Waals surface area contributed by atoms with Crippen molar-refractivity contribution in [1.82, 2.24) is 4.90 Å². The number of rotatable bonds is 9. The number of hydrogen-bond donors (Lipinski definition) is 1. The Labute approximate surface area is 163 Å². The molecule has 0 spiro atoms. The van der Waals surface area contributed by atoms with Crippen molar-refractivity contribution in [3.05, 3.63) is 66.5 Å². The standard InChI is InChI=1S/C21H23FN2O4/c1-4-6-15-9-10-18(19(11-15)27-3)28-14-21(26)24(2)13-20(25)23-17-8-5-7-16(22)12-17/h4-5,7-12H,1,6,13-14H2,2-3H3,(H,23,25). The second kappa shape index (κ2) is 10.1. The van der Waals surface area contributed by atoms with Crippen molar-refractivity contribution in [1.29, 1.82) is 0 Å². The highest BCUT2D eigenvalue weighted by atomic mass is 19.1. The van der Waals surface area contributed by atoms with Crippen molar-refractivity contribution in [2.24, 2.45) is 0 Å². The van der Waals surface area contributed by atoms with Gasteiger partial charge in [0.1, 0.15) is 5.82 Å². The summed E-state index contributed by atoms with van der Waals surface area (Å²) in [5, 5.41) is 2.54. The highest BCUT2D eigenvalue weighted by Crippen LogP contribution is 2.28. The zero-order valence-electron chi connectivity index (χ0n) is 15.9. The molecule has 6 nitrogen and oxygen atoms in total. The van der Waals surface area contributed by atoms with E-state index in [2.05, 4.69) is 11.9 Å². The minimum absolute atomic E-state index is 0.186. The third-order valence-corrected chi connectivity index (χ3v) is 3.87. The van der Waals surface area contributed by atoms with Gasteiger partial charge in [-0.1, -0.05) is 18.2 Å². The normalized spacial score (nSPS) is 10.1. The van der Waals surface area contributed by atoms with Gasteiger partial charge in [-0.2, -0.15) is 0 Å². The number of ether oxygens (including phenoxy) is 2. The number of amides is 2. The van der Waals surface area contributed by atoms with E-state index < -0.39 is 11.7 Å². The molecule has 2 aromatic rings. The van der Waals surface area contributed by atoms with Crippen molar-refractivity contribution in [2.45, 2.75) is 6.42 Å². The summed E-state index contributed by atoms with van der Waals surface area (Å²) in [6, 6.07) is 10.9. The molecule has 0 radical (unpaired) electrons. The largest absolute Gasteiger partial charge is 0.493 e. The predicted molar refractivity (Wildman–Crippen MR) is 105 cm³/mol. The molecule has 0 bridgehead atoms. The fraction of sp³-hybridized carbons (Fsp3) is 0.238. The van der Waals surface area contributed by atoms with Crippen LogP contribution in [-0.2, 0) is 16.0 Å². The number of likely N-dealkylation sites (N-methyl/N-ethyl adjacent to an activating group) is 1. The first-order chi connectivity index (χ1) is 13.4. The van der Waals surface area contributed by atoms with Gasteiger partial charge in [0.05, 0.1) is 13.7 Å². The van der Waals surface area contributed by atoms with E-state index in [1.807, 2.05) is 12.1 Å². The summed E-state index contributed by atoms with van der Waals surface area (Å²) in [6.45, 7) is 3.26. The highest BCUT2D eigenvalue weighted by Gasteiger charge is 2.15. The molecular weight excluding hydrogens is 363 g/mol. The Morgan fingerprint density at radius 3 is 2.68 bits per heavy atom. The Kier molecular flexibility index (Phi) is 7.56. The fourth-order valence-corrected chi connectivity index (χ4v) is 2.44. The zero-order valence-corrected chi connectivity index (χ0v) is 15.9. The van der Waals surface area contributed by atoms with E-state index in [0.717, 1.165) is 5.56 Å². The number of hydrogen-bond acceptors (Lipinski definition) is 4. The summed E-state index contributed by atoms with van der Waals surface area (Å²) < 4.78 is 24.0. The molecular formula is C21H23FN2O4. The maximum absolute atomic E-state index is 13.2. The van der Waals surface area contributed by atoms with Gasteiger partial charge in [-0.05, 0) is 42.3 Å². The molecule has 1 N–H and O–H groups in total. The van der Waals surface area contributed by atoms with Gasteiger partial charge in [-0.3, -0.25) is 9.59 Å². The third kappa shape index (κ3) is 6.12. The first-order valence-electron chi connectivity index (χ1n) is 8.63. The first kappa shape index (κ1) is 21.0. The number of carbonyl (C=O) groups excluding carboxylic acids is 2. The minimum atomic E-state index is -0.455. The van der Waals surface area contributed by atoms with Crippen LogP contribution in [0.5, 0.6) is 11.5 Å². The molecule has 0 aliphatic heterocycles. The maximum Gasteiger partial charge on any atom is 0.260 e. The van der Waals surface area contributed by atoms with Crippen LogP contribution >= 0.6 is 0 Å². The van der Waals surface area contributed by atoms with E-state index in [9.17, 15) is 14.0 Å². The molecule has 2 aromatic carbocycles. The molecule has 7 heteroatoms. The molecule has 0 saturated heterocycles. The maximum atomic E-state index is 13.2. The lowest BCUT2D eigenvalue weighted by Crippen LogP contribution is -2.37. The number of methoxy groups -OCH3 is 1. The van der Waals surface area contributed by atoms with Gasteiger partial charge in [-0.15, -0.1) is 6.58 Å². The summed E-state index contributed by atoms with van der Waals surface area (Å²) in [6.07, 6.45) is 2.47. The number of halogens is 1. The van der Waals surface area contributed by atoms with Gasteiger partial charge in [0.25, 0.3) is 5.91 Å². The average Bonchev–Trinajstić information content (AvgIpc) is 2.66. The zero-order chi connectivity index (χ0) is 20.5. The van der Waals surface area contributed by atoms with Gasteiger partial charge in [0.15, 0.2) is 18.1 Å². The van der Waals surface area contributed by atoms with Gasteiger partial charge < -0.3 is 19.7 Å².